The van der Waals surface area contributed by atoms with Crippen molar-refractivity contribution in [3.05, 3.63) is 70.9 Å². The minimum absolute atomic E-state index is 0.0520. The van der Waals surface area contributed by atoms with E-state index < -0.39 is 5.82 Å². The highest BCUT2D eigenvalue weighted by Crippen LogP contribution is 2.23. The lowest BCUT2D eigenvalue weighted by Gasteiger charge is -2.04. The summed E-state index contributed by atoms with van der Waals surface area (Å²) in [4.78, 5) is 20.3. The predicted molar refractivity (Wildman–Crippen MR) is 111 cm³/mol. The maximum atomic E-state index is 13.8. The van der Waals surface area contributed by atoms with Crippen LogP contribution in [0, 0.1) is 5.82 Å². The third kappa shape index (κ3) is 4.07. The molecule has 29 heavy (non-hydrogen) atoms. The Bertz CT molecular complexity index is 1180. The van der Waals surface area contributed by atoms with Crippen LogP contribution in [0.4, 0.5) is 4.39 Å². The fourth-order valence-corrected chi connectivity index (χ4v) is 3.53. The second-order valence-corrected chi connectivity index (χ2v) is 7.28. The van der Waals surface area contributed by atoms with Crippen LogP contribution in [0.15, 0.2) is 48.7 Å². The summed E-state index contributed by atoms with van der Waals surface area (Å²) in [5.74, 6) is 0.542. The van der Waals surface area contributed by atoms with Gasteiger partial charge in [-0.05, 0) is 48.6 Å². The van der Waals surface area contributed by atoms with Gasteiger partial charge in [-0.15, -0.1) is 0 Å². The summed E-state index contributed by atoms with van der Waals surface area (Å²) in [6, 6.07) is 12.6. The monoisotopic (exact) mass is 410 g/mol. The minimum Gasteiger partial charge on any atom is -0.361 e. The molecule has 7 heteroatoms. The Morgan fingerprint density at radius 3 is 2.90 bits per heavy atom. The molecule has 4 aromatic rings. The Hall–Kier alpha value is -2.99. The number of carbonyl (C=O) groups is 1. The van der Waals surface area contributed by atoms with Gasteiger partial charge in [0.1, 0.15) is 17.4 Å². The second kappa shape index (κ2) is 8.17. The van der Waals surface area contributed by atoms with E-state index in [2.05, 4.69) is 15.1 Å². The van der Waals surface area contributed by atoms with Crippen LogP contribution in [0.2, 0.25) is 5.02 Å². The van der Waals surface area contributed by atoms with Gasteiger partial charge >= 0.3 is 0 Å². The lowest BCUT2D eigenvalue weighted by Crippen LogP contribution is -2.11. The Labute approximate surface area is 172 Å². The summed E-state index contributed by atoms with van der Waals surface area (Å²) in [5, 5.41) is 5.60. The van der Waals surface area contributed by atoms with E-state index in [4.69, 9.17) is 11.6 Å². The fourth-order valence-electron chi connectivity index (χ4n) is 3.41. The highest BCUT2D eigenvalue weighted by molar-refractivity contribution is 6.30. The predicted octanol–water partition coefficient (Wildman–Crippen LogP) is 4.98. The van der Waals surface area contributed by atoms with Gasteiger partial charge in [0.05, 0.1) is 11.4 Å². The quantitative estimate of drug-likeness (QED) is 0.467. The largest absolute Gasteiger partial charge is 0.361 e. The number of halogens is 2. The van der Waals surface area contributed by atoms with Crippen LogP contribution >= 0.6 is 11.6 Å². The van der Waals surface area contributed by atoms with Gasteiger partial charge in [-0.3, -0.25) is 4.79 Å². The van der Waals surface area contributed by atoms with Gasteiger partial charge in [0.15, 0.2) is 5.82 Å². The molecule has 0 amide bonds. The average Bonchev–Trinajstić information content (AvgIpc) is 3.35. The van der Waals surface area contributed by atoms with Crippen molar-refractivity contribution in [3.63, 3.8) is 0 Å². The SMILES string of the molecule is CCn1nc(-c2ccc(Cl)c(F)c2)nc1CC(=O)CCc1cccc2cc[nH]c12. The number of Topliss-reactive ketones (excluding diaryl/α,β-unsaturated/α-hetero) is 1. The van der Waals surface area contributed by atoms with Gasteiger partial charge in [0, 0.05) is 30.2 Å². The number of rotatable bonds is 7. The number of ketones is 1. The smallest absolute Gasteiger partial charge is 0.181 e. The van der Waals surface area contributed by atoms with E-state index >= 15 is 0 Å². The number of aromatic amines is 1. The van der Waals surface area contributed by atoms with Crippen LogP contribution in [0.3, 0.4) is 0 Å². The van der Waals surface area contributed by atoms with Crippen LogP contribution in [-0.4, -0.2) is 25.5 Å². The number of nitrogens with zero attached hydrogens (tertiary/aromatic N) is 3. The molecule has 1 N–H and O–H groups in total. The normalized spacial score (nSPS) is 11.3. The Morgan fingerprint density at radius 1 is 1.24 bits per heavy atom. The van der Waals surface area contributed by atoms with E-state index in [9.17, 15) is 9.18 Å². The zero-order valence-electron chi connectivity index (χ0n) is 16.0. The summed E-state index contributed by atoms with van der Waals surface area (Å²) >= 11 is 5.75. The summed E-state index contributed by atoms with van der Waals surface area (Å²) in [7, 11) is 0. The number of hydrogen-bond acceptors (Lipinski definition) is 3. The van der Waals surface area contributed by atoms with Crippen LogP contribution in [0.5, 0.6) is 0 Å². The lowest BCUT2D eigenvalue weighted by molar-refractivity contribution is -0.118. The van der Waals surface area contributed by atoms with Crippen molar-refractivity contribution in [2.75, 3.05) is 0 Å². The third-order valence-corrected chi connectivity index (χ3v) is 5.23. The van der Waals surface area contributed by atoms with Gasteiger partial charge in [0.2, 0.25) is 0 Å². The maximum Gasteiger partial charge on any atom is 0.181 e. The van der Waals surface area contributed by atoms with E-state index in [1.165, 1.54) is 12.1 Å². The van der Waals surface area contributed by atoms with Gasteiger partial charge in [0.25, 0.3) is 0 Å². The molecule has 0 unspecified atom stereocenters. The van der Waals surface area contributed by atoms with Crippen LogP contribution in [-0.2, 0) is 24.2 Å². The van der Waals surface area contributed by atoms with Crippen molar-refractivity contribution in [2.24, 2.45) is 0 Å². The number of fused-ring (bicyclic) bond motifs is 1. The molecule has 4 rings (SSSR count). The van der Waals surface area contributed by atoms with E-state index in [-0.39, 0.29) is 17.2 Å². The molecule has 0 saturated heterocycles. The first kappa shape index (κ1) is 19.3. The Morgan fingerprint density at radius 2 is 2.10 bits per heavy atom. The molecule has 2 aromatic heterocycles. The number of benzene rings is 2. The fraction of sp³-hybridized carbons (Fsp3) is 0.227. The molecule has 0 bridgehead atoms. The molecule has 148 valence electrons. The van der Waals surface area contributed by atoms with Crippen molar-refractivity contribution < 1.29 is 9.18 Å². The minimum atomic E-state index is -0.520. The maximum absolute atomic E-state index is 13.8. The number of aromatic nitrogens is 4. The molecule has 0 fully saturated rings. The molecule has 0 aliphatic rings. The zero-order valence-corrected chi connectivity index (χ0v) is 16.7. The molecule has 0 aliphatic heterocycles. The molecule has 0 radical (unpaired) electrons. The van der Waals surface area contributed by atoms with Crippen LogP contribution in [0.25, 0.3) is 22.3 Å². The van der Waals surface area contributed by atoms with Crippen molar-refractivity contribution in [1.29, 1.82) is 0 Å². The number of carbonyl (C=O) groups excluding carboxylic acids is 1. The van der Waals surface area contributed by atoms with Gasteiger partial charge in [-0.25, -0.2) is 14.1 Å². The van der Waals surface area contributed by atoms with E-state index in [1.54, 1.807) is 10.7 Å². The van der Waals surface area contributed by atoms with Crippen molar-refractivity contribution >= 4 is 28.3 Å². The Kier molecular flexibility index (Phi) is 5.45. The van der Waals surface area contributed by atoms with E-state index in [0.29, 0.717) is 36.6 Å². The van der Waals surface area contributed by atoms with Crippen molar-refractivity contribution in [1.82, 2.24) is 19.7 Å². The molecule has 5 nitrogen and oxygen atoms in total. The van der Waals surface area contributed by atoms with Crippen LogP contribution < -0.4 is 0 Å². The lowest BCUT2D eigenvalue weighted by atomic mass is 10.0. The molecule has 0 atom stereocenters. The molecule has 2 aromatic carbocycles. The zero-order chi connectivity index (χ0) is 20.4. The summed E-state index contributed by atoms with van der Waals surface area (Å²) in [6.45, 7) is 2.51. The highest BCUT2D eigenvalue weighted by Gasteiger charge is 2.16. The van der Waals surface area contributed by atoms with Crippen LogP contribution in [0.1, 0.15) is 24.7 Å². The van der Waals surface area contributed by atoms with Crippen molar-refractivity contribution in [2.45, 2.75) is 32.7 Å². The number of nitrogens with one attached hydrogen (secondary N) is 1. The standard InChI is InChI=1S/C22H20ClFN4O/c1-2-28-20(26-22(27-28)16-7-9-18(23)19(24)12-16)13-17(29)8-6-14-4-3-5-15-10-11-25-21(14)15/h3-5,7,9-12,25H,2,6,8,13H2,1H3. The number of para-hydroxylation sites is 1. The first-order valence-corrected chi connectivity index (χ1v) is 9.88. The third-order valence-electron chi connectivity index (χ3n) is 4.93. The van der Waals surface area contributed by atoms with Gasteiger partial charge < -0.3 is 4.98 Å². The highest BCUT2D eigenvalue weighted by atomic mass is 35.5. The van der Waals surface area contributed by atoms with E-state index in [0.717, 1.165) is 16.5 Å². The first-order chi connectivity index (χ1) is 14.0. The first-order valence-electron chi connectivity index (χ1n) is 9.51. The molecule has 0 spiro atoms. The number of hydrogen-bond donors (Lipinski definition) is 1. The molecular weight excluding hydrogens is 391 g/mol. The second-order valence-electron chi connectivity index (χ2n) is 6.87. The number of aryl methyl sites for hydroxylation is 2. The van der Waals surface area contributed by atoms with Crippen molar-refractivity contribution in [3.8, 4) is 11.4 Å². The summed E-state index contributed by atoms with van der Waals surface area (Å²) in [5.41, 5.74) is 2.73. The Balaban J connectivity index is 1.48. The molecular formula is C22H20ClFN4O. The van der Waals surface area contributed by atoms with E-state index in [1.807, 2.05) is 37.4 Å². The topological polar surface area (TPSA) is 63.6 Å². The average molecular weight is 411 g/mol. The van der Waals surface area contributed by atoms with Gasteiger partial charge in [-0.1, -0.05) is 29.8 Å². The summed E-state index contributed by atoms with van der Waals surface area (Å²) < 4.78 is 15.4. The molecule has 0 saturated carbocycles. The molecule has 2 heterocycles. The van der Waals surface area contributed by atoms with Gasteiger partial charge in [-0.2, -0.15) is 5.10 Å². The molecule has 0 aliphatic carbocycles. The number of H-pyrrole nitrogens is 1. The summed E-state index contributed by atoms with van der Waals surface area (Å²) in [6.07, 6.45) is 3.17.